The Morgan fingerprint density at radius 2 is 2.17 bits per heavy atom. The number of hydrogen-bond acceptors (Lipinski definition) is 4. The minimum absolute atomic E-state index is 0.269. The molecule has 0 saturated carbocycles. The zero-order valence-corrected chi connectivity index (χ0v) is 9.88. The highest BCUT2D eigenvalue weighted by atomic mass is 19.1. The van der Waals surface area contributed by atoms with Gasteiger partial charge in [-0.05, 0) is 48.9 Å². The summed E-state index contributed by atoms with van der Waals surface area (Å²) in [5.41, 5.74) is 0.717. The Balaban J connectivity index is 1.74. The van der Waals surface area contributed by atoms with Crippen molar-refractivity contribution in [2.24, 2.45) is 0 Å². The minimum Gasteiger partial charge on any atom is -0.314 e. The lowest BCUT2D eigenvalue weighted by atomic mass is 10.1. The van der Waals surface area contributed by atoms with E-state index in [-0.39, 0.29) is 5.82 Å². The SMILES string of the molecule is Fc1ccc(-n2nnc(CC3CCCN3)n2)cc1. The van der Waals surface area contributed by atoms with Crippen LogP contribution in [0.5, 0.6) is 0 Å². The number of tetrazole rings is 1. The van der Waals surface area contributed by atoms with Crippen molar-refractivity contribution >= 4 is 0 Å². The summed E-state index contributed by atoms with van der Waals surface area (Å²) in [7, 11) is 0. The Morgan fingerprint density at radius 1 is 1.33 bits per heavy atom. The lowest BCUT2D eigenvalue weighted by molar-refractivity contribution is 0.584. The van der Waals surface area contributed by atoms with Gasteiger partial charge < -0.3 is 5.32 Å². The van der Waals surface area contributed by atoms with Gasteiger partial charge in [0.1, 0.15) is 5.82 Å². The Bertz CT molecular complexity index is 516. The molecule has 1 saturated heterocycles. The molecule has 0 spiro atoms. The van der Waals surface area contributed by atoms with Gasteiger partial charge in [-0.1, -0.05) is 0 Å². The van der Waals surface area contributed by atoms with Crippen molar-refractivity contribution in [3.8, 4) is 5.69 Å². The standard InChI is InChI=1S/C12H14FN5/c13-9-3-5-11(6-4-9)18-16-12(15-17-18)8-10-2-1-7-14-10/h3-6,10,14H,1-2,7-8H2. The molecule has 0 radical (unpaired) electrons. The van der Waals surface area contributed by atoms with E-state index < -0.39 is 0 Å². The minimum atomic E-state index is -0.269. The summed E-state index contributed by atoms with van der Waals surface area (Å²) in [6.45, 7) is 1.07. The number of nitrogens with zero attached hydrogens (tertiary/aromatic N) is 4. The fraction of sp³-hybridized carbons (Fsp3) is 0.417. The molecule has 18 heavy (non-hydrogen) atoms. The van der Waals surface area contributed by atoms with Crippen molar-refractivity contribution in [1.29, 1.82) is 0 Å². The highest BCUT2D eigenvalue weighted by Crippen LogP contribution is 2.10. The maximum atomic E-state index is 12.8. The highest BCUT2D eigenvalue weighted by molar-refractivity contribution is 5.28. The van der Waals surface area contributed by atoms with Crippen LogP contribution in [-0.4, -0.2) is 32.8 Å². The quantitative estimate of drug-likeness (QED) is 0.882. The molecule has 1 N–H and O–H groups in total. The number of nitrogens with one attached hydrogen (secondary N) is 1. The number of rotatable bonds is 3. The normalized spacial score (nSPS) is 19.3. The monoisotopic (exact) mass is 247 g/mol. The maximum absolute atomic E-state index is 12.8. The lowest BCUT2D eigenvalue weighted by Gasteiger charge is -2.05. The highest BCUT2D eigenvalue weighted by Gasteiger charge is 2.17. The van der Waals surface area contributed by atoms with Gasteiger partial charge in [0.05, 0.1) is 5.69 Å². The van der Waals surface area contributed by atoms with Crippen LogP contribution < -0.4 is 5.32 Å². The smallest absolute Gasteiger partial charge is 0.176 e. The molecule has 6 heteroatoms. The Labute approximate surface area is 104 Å². The molecule has 1 aromatic heterocycles. The topological polar surface area (TPSA) is 55.6 Å². The second kappa shape index (κ2) is 4.81. The zero-order chi connectivity index (χ0) is 12.4. The molecule has 3 rings (SSSR count). The molecule has 1 aromatic carbocycles. The van der Waals surface area contributed by atoms with Gasteiger partial charge >= 0.3 is 0 Å². The fourth-order valence-electron chi connectivity index (χ4n) is 2.16. The van der Waals surface area contributed by atoms with E-state index in [1.165, 1.54) is 23.4 Å². The van der Waals surface area contributed by atoms with E-state index >= 15 is 0 Å². The van der Waals surface area contributed by atoms with Crippen molar-refractivity contribution in [3.05, 3.63) is 35.9 Å². The molecule has 1 aliphatic rings. The Kier molecular flexibility index (Phi) is 3.02. The van der Waals surface area contributed by atoms with E-state index in [1.54, 1.807) is 12.1 Å². The second-order valence-corrected chi connectivity index (χ2v) is 4.47. The third kappa shape index (κ3) is 2.38. The summed E-state index contributed by atoms with van der Waals surface area (Å²) in [6, 6.07) is 6.49. The van der Waals surface area contributed by atoms with Gasteiger partial charge in [-0.2, -0.15) is 0 Å². The Morgan fingerprint density at radius 3 is 2.89 bits per heavy atom. The van der Waals surface area contributed by atoms with Crippen LogP contribution in [0.2, 0.25) is 0 Å². The summed E-state index contributed by atoms with van der Waals surface area (Å²) >= 11 is 0. The van der Waals surface area contributed by atoms with E-state index in [9.17, 15) is 4.39 Å². The van der Waals surface area contributed by atoms with Gasteiger partial charge in [0.25, 0.3) is 0 Å². The maximum Gasteiger partial charge on any atom is 0.176 e. The molecule has 0 amide bonds. The first-order valence-corrected chi connectivity index (χ1v) is 6.09. The zero-order valence-electron chi connectivity index (χ0n) is 9.88. The molecule has 2 aromatic rings. The predicted molar refractivity (Wildman–Crippen MR) is 63.8 cm³/mol. The van der Waals surface area contributed by atoms with Crippen LogP contribution in [-0.2, 0) is 6.42 Å². The van der Waals surface area contributed by atoms with Crippen LogP contribution in [0.3, 0.4) is 0 Å². The van der Waals surface area contributed by atoms with Gasteiger partial charge in [-0.15, -0.1) is 15.0 Å². The van der Waals surface area contributed by atoms with Crippen molar-refractivity contribution in [2.75, 3.05) is 6.54 Å². The van der Waals surface area contributed by atoms with Gasteiger partial charge in [0.15, 0.2) is 5.82 Å². The average Bonchev–Trinajstić information content (AvgIpc) is 3.02. The van der Waals surface area contributed by atoms with E-state index in [2.05, 4.69) is 20.7 Å². The number of benzene rings is 1. The second-order valence-electron chi connectivity index (χ2n) is 4.47. The fourth-order valence-corrected chi connectivity index (χ4v) is 2.16. The largest absolute Gasteiger partial charge is 0.314 e. The molecule has 0 aliphatic carbocycles. The lowest BCUT2D eigenvalue weighted by Crippen LogP contribution is -2.24. The van der Waals surface area contributed by atoms with Gasteiger partial charge in [0, 0.05) is 12.5 Å². The third-order valence-electron chi connectivity index (χ3n) is 3.10. The molecule has 1 atom stereocenters. The van der Waals surface area contributed by atoms with Gasteiger partial charge in [-0.3, -0.25) is 0 Å². The first-order chi connectivity index (χ1) is 8.81. The van der Waals surface area contributed by atoms with E-state index in [4.69, 9.17) is 0 Å². The van der Waals surface area contributed by atoms with E-state index in [0.29, 0.717) is 6.04 Å². The summed E-state index contributed by atoms with van der Waals surface area (Å²) in [6.07, 6.45) is 3.16. The summed E-state index contributed by atoms with van der Waals surface area (Å²) < 4.78 is 12.8. The number of aromatic nitrogens is 4. The van der Waals surface area contributed by atoms with Crippen LogP contribution in [0.4, 0.5) is 4.39 Å². The molecule has 5 nitrogen and oxygen atoms in total. The molecule has 2 heterocycles. The molecule has 0 bridgehead atoms. The van der Waals surface area contributed by atoms with E-state index in [0.717, 1.165) is 30.9 Å². The molecular weight excluding hydrogens is 233 g/mol. The van der Waals surface area contributed by atoms with Crippen LogP contribution >= 0.6 is 0 Å². The van der Waals surface area contributed by atoms with Crippen LogP contribution in [0.15, 0.2) is 24.3 Å². The van der Waals surface area contributed by atoms with Gasteiger partial charge in [0.2, 0.25) is 0 Å². The molecule has 1 aliphatic heterocycles. The van der Waals surface area contributed by atoms with Crippen molar-refractivity contribution in [2.45, 2.75) is 25.3 Å². The molecule has 1 unspecified atom stereocenters. The number of halogens is 1. The van der Waals surface area contributed by atoms with Crippen LogP contribution in [0, 0.1) is 5.82 Å². The Hall–Kier alpha value is -1.82. The summed E-state index contributed by atoms with van der Waals surface area (Å²) in [4.78, 5) is 1.43. The third-order valence-corrected chi connectivity index (χ3v) is 3.10. The first-order valence-electron chi connectivity index (χ1n) is 6.09. The number of hydrogen-bond donors (Lipinski definition) is 1. The first kappa shape index (κ1) is 11.3. The predicted octanol–water partition coefficient (Wildman–Crippen LogP) is 1.10. The summed E-state index contributed by atoms with van der Waals surface area (Å²) in [5.74, 6) is 0.452. The van der Waals surface area contributed by atoms with Crippen LogP contribution in [0.25, 0.3) is 5.69 Å². The summed E-state index contributed by atoms with van der Waals surface area (Å²) in [5, 5.41) is 15.7. The average molecular weight is 247 g/mol. The van der Waals surface area contributed by atoms with Crippen molar-refractivity contribution in [3.63, 3.8) is 0 Å². The van der Waals surface area contributed by atoms with Crippen molar-refractivity contribution in [1.82, 2.24) is 25.5 Å². The molecular formula is C12H14FN5. The van der Waals surface area contributed by atoms with Crippen LogP contribution in [0.1, 0.15) is 18.7 Å². The van der Waals surface area contributed by atoms with Gasteiger partial charge in [-0.25, -0.2) is 4.39 Å². The molecule has 1 fully saturated rings. The van der Waals surface area contributed by atoms with E-state index in [1.807, 2.05) is 0 Å². The molecule has 94 valence electrons. The van der Waals surface area contributed by atoms with Crippen molar-refractivity contribution < 1.29 is 4.39 Å².